The van der Waals surface area contributed by atoms with E-state index >= 15 is 0 Å². The van der Waals surface area contributed by atoms with Gasteiger partial charge in [0.25, 0.3) is 0 Å². The topological polar surface area (TPSA) is 57.9 Å². The average molecular weight is 378 g/mol. The summed E-state index contributed by atoms with van der Waals surface area (Å²) in [6.07, 6.45) is 1.28. The van der Waals surface area contributed by atoms with Crippen LogP contribution in [0.15, 0.2) is 60.0 Å². The number of nitriles is 1. The third-order valence-electron chi connectivity index (χ3n) is 4.17. The van der Waals surface area contributed by atoms with Crippen molar-refractivity contribution in [1.29, 1.82) is 5.26 Å². The lowest BCUT2D eigenvalue weighted by molar-refractivity contribution is 0.312. The zero-order valence-corrected chi connectivity index (χ0v) is 16.2. The normalized spacial score (nSPS) is 11.7. The van der Waals surface area contributed by atoms with Gasteiger partial charge in [0.05, 0.1) is 24.4 Å². The molecule has 4 nitrogen and oxygen atoms in total. The Kier molecular flexibility index (Phi) is 6.97. The molecule has 0 aliphatic carbocycles. The van der Waals surface area contributed by atoms with Crippen molar-refractivity contribution in [3.05, 3.63) is 70.5 Å². The van der Waals surface area contributed by atoms with E-state index in [9.17, 15) is 0 Å². The van der Waals surface area contributed by atoms with Gasteiger partial charge in [-0.3, -0.25) is 0 Å². The quantitative estimate of drug-likeness (QED) is 0.511. The van der Waals surface area contributed by atoms with Crippen molar-refractivity contribution in [1.82, 2.24) is 10.3 Å². The highest BCUT2D eigenvalue weighted by Gasteiger charge is 2.11. The average Bonchev–Trinajstić information content (AvgIpc) is 3.21. The Balaban J connectivity index is 1.54. The third kappa shape index (κ3) is 5.65. The maximum Gasteiger partial charge on any atom is 0.119 e. The fourth-order valence-electron chi connectivity index (χ4n) is 2.67. The van der Waals surface area contributed by atoms with Crippen LogP contribution in [0.3, 0.4) is 0 Å². The monoisotopic (exact) mass is 377 g/mol. The molecular weight excluding hydrogens is 354 g/mol. The van der Waals surface area contributed by atoms with Gasteiger partial charge in [0.2, 0.25) is 0 Å². The van der Waals surface area contributed by atoms with E-state index in [2.05, 4.69) is 41.9 Å². The first kappa shape index (κ1) is 19.1. The van der Waals surface area contributed by atoms with E-state index in [1.165, 1.54) is 5.56 Å². The molecule has 1 unspecified atom stereocenters. The van der Waals surface area contributed by atoms with Crippen molar-refractivity contribution in [2.45, 2.75) is 32.4 Å². The first-order chi connectivity index (χ1) is 13.3. The number of hydrogen-bond acceptors (Lipinski definition) is 5. The minimum Gasteiger partial charge on any atom is -0.494 e. The number of nitrogens with one attached hydrogen (secondary N) is 1. The van der Waals surface area contributed by atoms with Crippen molar-refractivity contribution >= 4 is 11.3 Å². The molecule has 2 aromatic carbocycles. The number of aromatic nitrogens is 1. The number of unbranched alkanes of at least 4 members (excludes halogenated alkanes) is 1. The van der Waals surface area contributed by atoms with E-state index in [0.29, 0.717) is 13.0 Å². The molecule has 0 amide bonds. The molecule has 0 radical (unpaired) electrons. The third-order valence-corrected chi connectivity index (χ3v) is 5.20. The predicted molar refractivity (Wildman–Crippen MR) is 110 cm³/mol. The molecular formula is C22H23N3OS. The minimum absolute atomic E-state index is 0.174. The predicted octanol–water partition coefficient (Wildman–Crippen LogP) is 5.34. The molecule has 27 heavy (non-hydrogen) atoms. The SMILES string of the molecule is CC(NCc1cccc(OCCCC#N)c1)c1nc(-c2ccccc2)cs1. The zero-order chi connectivity index (χ0) is 18.9. The van der Waals surface area contributed by atoms with Gasteiger partial charge in [-0.1, -0.05) is 42.5 Å². The summed E-state index contributed by atoms with van der Waals surface area (Å²) in [6, 6.07) is 20.6. The molecule has 0 spiro atoms. The standard InChI is InChI=1S/C22H23N3OS/c1-17(22-25-21(16-27-22)19-9-3-2-4-10-19)24-15-18-8-7-11-20(14-18)26-13-6-5-12-23/h2-4,7-11,14,16-17,24H,5-6,13,15H2,1H3. The Morgan fingerprint density at radius 2 is 2.04 bits per heavy atom. The van der Waals surface area contributed by atoms with Gasteiger partial charge < -0.3 is 10.1 Å². The molecule has 5 heteroatoms. The smallest absolute Gasteiger partial charge is 0.119 e. The number of benzene rings is 2. The molecule has 3 aromatic rings. The van der Waals surface area contributed by atoms with Crippen molar-refractivity contribution in [3.8, 4) is 23.1 Å². The Labute approximate surface area is 164 Å². The summed E-state index contributed by atoms with van der Waals surface area (Å²) in [5.74, 6) is 0.848. The van der Waals surface area contributed by atoms with Gasteiger partial charge in [0.15, 0.2) is 0 Å². The van der Waals surface area contributed by atoms with Crippen LogP contribution in [0.4, 0.5) is 0 Å². The summed E-state index contributed by atoms with van der Waals surface area (Å²) in [4.78, 5) is 4.77. The number of rotatable bonds is 9. The fourth-order valence-corrected chi connectivity index (χ4v) is 3.53. The Morgan fingerprint density at radius 1 is 1.19 bits per heavy atom. The summed E-state index contributed by atoms with van der Waals surface area (Å²) in [6.45, 7) is 3.45. The van der Waals surface area contributed by atoms with Crippen LogP contribution in [0.5, 0.6) is 5.75 Å². The van der Waals surface area contributed by atoms with E-state index in [1.54, 1.807) is 11.3 Å². The Bertz CT molecular complexity index is 886. The highest BCUT2D eigenvalue weighted by molar-refractivity contribution is 7.10. The molecule has 0 saturated heterocycles. The summed E-state index contributed by atoms with van der Waals surface area (Å²) in [7, 11) is 0. The second kappa shape index (κ2) is 9.86. The second-order valence-corrected chi connectivity index (χ2v) is 7.19. The molecule has 1 atom stereocenters. The molecule has 0 fully saturated rings. The Hall–Kier alpha value is -2.68. The highest BCUT2D eigenvalue weighted by atomic mass is 32.1. The molecule has 0 saturated carbocycles. The number of ether oxygens (including phenoxy) is 1. The molecule has 3 rings (SSSR count). The summed E-state index contributed by atoms with van der Waals surface area (Å²) in [5.41, 5.74) is 3.34. The number of hydrogen-bond donors (Lipinski definition) is 1. The lowest BCUT2D eigenvalue weighted by atomic mass is 10.2. The highest BCUT2D eigenvalue weighted by Crippen LogP contribution is 2.25. The summed E-state index contributed by atoms with van der Waals surface area (Å²) >= 11 is 1.68. The Morgan fingerprint density at radius 3 is 2.85 bits per heavy atom. The number of thiazole rings is 1. The van der Waals surface area contributed by atoms with Gasteiger partial charge in [-0.15, -0.1) is 11.3 Å². The van der Waals surface area contributed by atoms with E-state index in [0.717, 1.165) is 35.0 Å². The summed E-state index contributed by atoms with van der Waals surface area (Å²) in [5, 5.41) is 15.3. The molecule has 1 N–H and O–H groups in total. The van der Waals surface area contributed by atoms with Crippen LogP contribution in [-0.2, 0) is 6.54 Å². The van der Waals surface area contributed by atoms with Gasteiger partial charge in [-0.2, -0.15) is 5.26 Å². The van der Waals surface area contributed by atoms with Crippen molar-refractivity contribution in [3.63, 3.8) is 0 Å². The van der Waals surface area contributed by atoms with E-state index in [4.69, 9.17) is 15.0 Å². The number of nitrogens with zero attached hydrogens (tertiary/aromatic N) is 2. The lowest BCUT2D eigenvalue weighted by Crippen LogP contribution is -2.18. The van der Waals surface area contributed by atoms with E-state index < -0.39 is 0 Å². The molecule has 138 valence electrons. The van der Waals surface area contributed by atoms with Gasteiger partial charge in [0.1, 0.15) is 10.8 Å². The van der Waals surface area contributed by atoms with Crippen LogP contribution in [0.1, 0.15) is 36.4 Å². The largest absolute Gasteiger partial charge is 0.494 e. The van der Waals surface area contributed by atoms with Gasteiger partial charge >= 0.3 is 0 Å². The van der Waals surface area contributed by atoms with Gasteiger partial charge in [-0.05, 0) is 31.0 Å². The molecule has 0 aliphatic heterocycles. The van der Waals surface area contributed by atoms with Crippen molar-refractivity contribution < 1.29 is 4.74 Å². The zero-order valence-electron chi connectivity index (χ0n) is 15.4. The fraction of sp³-hybridized carbons (Fsp3) is 0.273. The van der Waals surface area contributed by atoms with Gasteiger partial charge in [0, 0.05) is 23.9 Å². The molecule has 0 bridgehead atoms. The van der Waals surface area contributed by atoms with E-state index in [-0.39, 0.29) is 6.04 Å². The van der Waals surface area contributed by atoms with Crippen LogP contribution in [0.25, 0.3) is 11.3 Å². The lowest BCUT2D eigenvalue weighted by Gasteiger charge is -2.12. The van der Waals surface area contributed by atoms with Crippen molar-refractivity contribution in [2.24, 2.45) is 0 Å². The maximum atomic E-state index is 8.57. The van der Waals surface area contributed by atoms with E-state index in [1.807, 2.05) is 36.4 Å². The molecule has 0 aliphatic rings. The van der Waals surface area contributed by atoms with Gasteiger partial charge in [-0.25, -0.2) is 4.98 Å². The second-order valence-electron chi connectivity index (χ2n) is 6.30. The molecule has 1 heterocycles. The first-order valence-corrected chi connectivity index (χ1v) is 9.97. The van der Waals surface area contributed by atoms with Crippen LogP contribution in [0, 0.1) is 11.3 Å². The van der Waals surface area contributed by atoms with Crippen molar-refractivity contribution in [2.75, 3.05) is 6.61 Å². The minimum atomic E-state index is 0.174. The molecule has 1 aromatic heterocycles. The first-order valence-electron chi connectivity index (χ1n) is 9.09. The van der Waals surface area contributed by atoms with Crippen LogP contribution >= 0.6 is 11.3 Å². The van der Waals surface area contributed by atoms with Crippen LogP contribution < -0.4 is 10.1 Å². The summed E-state index contributed by atoms with van der Waals surface area (Å²) < 4.78 is 5.70. The maximum absolute atomic E-state index is 8.57. The van der Waals surface area contributed by atoms with Crippen LogP contribution in [-0.4, -0.2) is 11.6 Å². The van der Waals surface area contributed by atoms with Crippen LogP contribution in [0.2, 0.25) is 0 Å².